The molecule has 0 aromatic carbocycles. The number of nitrogens with zero attached hydrogens (tertiary/aromatic N) is 4. The van der Waals surface area contributed by atoms with E-state index in [9.17, 15) is 0 Å². The van der Waals surface area contributed by atoms with E-state index in [2.05, 4.69) is 47.1 Å². The van der Waals surface area contributed by atoms with Crippen LogP contribution >= 0.6 is 11.8 Å². The monoisotopic (exact) mass is 313 g/mol. The summed E-state index contributed by atoms with van der Waals surface area (Å²) >= 11 is 2.14. The Morgan fingerprint density at radius 1 is 1.19 bits per heavy atom. The summed E-state index contributed by atoms with van der Waals surface area (Å²) in [5, 5.41) is 0. The van der Waals surface area contributed by atoms with Gasteiger partial charge in [-0.25, -0.2) is 0 Å². The molecular weight excluding hydrogens is 280 g/mol. The molecule has 21 heavy (non-hydrogen) atoms. The van der Waals surface area contributed by atoms with E-state index in [1.165, 1.54) is 74.8 Å². The highest BCUT2D eigenvalue weighted by Crippen LogP contribution is 2.16. The lowest BCUT2D eigenvalue weighted by Crippen LogP contribution is -2.43. The van der Waals surface area contributed by atoms with E-state index in [0.717, 1.165) is 6.67 Å². The Morgan fingerprint density at radius 3 is 2.67 bits per heavy atom. The quantitative estimate of drug-likeness (QED) is 0.472. The average molecular weight is 314 g/mol. The SMILES string of the molecule is C=CN1CC[N+](C)(CCCSCCCN2CCN(C)C2)C1. The minimum absolute atomic E-state index is 1.15. The molecule has 0 saturated carbocycles. The van der Waals surface area contributed by atoms with Crippen LogP contribution in [0.15, 0.2) is 12.8 Å². The van der Waals surface area contributed by atoms with Gasteiger partial charge in [0.25, 0.3) is 0 Å². The minimum atomic E-state index is 1.15. The molecule has 1 unspecified atom stereocenters. The van der Waals surface area contributed by atoms with Crippen LogP contribution in [0.5, 0.6) is 0 Å². The van der Waals surface area contributed by atoms with Crippen molar-refractivity contribution < 1.29 is 4.48 Å². The Kier molecular flexibility index (Phi) is 6.86. The van der Waals surface area contributed by atoms with E-state index in [4.69, 9.17) is 0 Å². The Morgan fingerprint density at radius 2 is 2.00 bits per heavy atom. The molecule has 2 fully saturated rings. The fourth-order valence-electron chi connectivity index (χ4n) is 3.30. The highest BCUT2D eigenvalue weighted by Gasteiger charge is 2.29. The lowest BCUT2D eigenvalue weighted by atomic mass is 10.4. The van der Waals surface area contributed by atoms with Crippen molar-refractivity contribution in [3.63, 3.8) is 0 Å². The van der Waals surface area contributed by atoms with Crippen molar-refractivity contribution in [3.05, 3.63) is 12.8 Å². The summed E-state index contributed by atoms with van der Waals surface area (Å²) in [5.41, 5.74) is 0. The molecule has 2 aliphatic heterocycles. The number of likely N-dealkylation sites (N-methyl/N-ethyl adjacent to an activating group) is 2. The lowest BCUT2D eigenvalue weighted by Gasteiger charge is -2.28. The van der Waals surface area contributed by atoms with Crippen molar-refractivity contribution in [3.8, 4) is 0 Å². The fourth-order valence-corrected chi connectivity index (χ4v) is 4.17. The zero-order chi connectivity index (χ0) is 15.1. The smallest absolute Gasteiger partial charge is 0.154 e. The zero-order valence-electron chi connectivity index (χ0n) is 14.0. The fraction of sp³-hybridized carbons (Fsp3) is 0.875. The van der Waals surface area contributed by atoms with E-state index in [-0.39, 0.29) is 0 Å². The maximum Gasteiger partial charge on any atom is 0.154 e. The van der Waals surface area contributed by atoms with Crippen molar-refractivity contribution in [1.29, 1.82) is 0 Å². The lowest BCUT2D eigenvalue weighted by molar-refractivity contribution is -0.901. The van der Waals surface area contributed by atoms with Crippen molar-refractivity contribution >= 4 is 11.8 Å². The highest BCUT2D eigenvalue weighted by atomic mass is 32.2. The summed E-state index contributed by atoms with van der Waals surface area (Å²) in [7, 11) is 4.60. The summed E-state index contributed by atoms with van der Waals surface area (Å²) in [6.45, 7) is 13.7. The molecule has 4 nitrogen and oxygen atoms in total. The van der Waals surface area contributed by atoms with Crippen molar-refractivity contribution in [2.45, 2.75) is 12.8 Å². The van der Waals surface area contributed by atoms with Gasteiger partial charge in [0.2, 0.25) is 0 Å². The van der Waals surface area contributed by atoms with Crippen molar-refractivity contribution in [1.82, 2.24) is 14.7 Å². The van der Waals surface area contributed by atoms with Gasteiger partial charge in [-0.3, -0.25) is 9.80 Å². The number of quaternary nitrogens is 1. The van der Waals surface area contributed by atoms with Gasteiger partial charge in [-0.1, -0.05) is 6.58 Å². The molecule has 0 aromatic rings. The Hall–Kier alpha value is -0.230. The third kappa shape index (κ3) is 5.81. The molecule has 1 atom stereocenters. The van der Waals surface area contributed by atoms with Gasteiger partial charge in [-0.15, -0.1) is 0 Å². The molecule has 0 N–H and O–H groups in total. The van der Waals surface area contributed by atoms with Crippen LogP contribution in [0.2, 0.25) is 0 Å². The minimum Gasteiger partial charge on any atom is -0.327 e. The van der Waals surface area contributed by atoms with Gasteiger partial charge < -0.3 is 9.38 Å². The second kappa shape index (κ2) is 8.42. The van der Waals surface area contributed by atoms with Crippen LogP contribution in [0, 0.1) is 0 Å². The van der Waals surface area contributed by atoms with Gasteiger partial charge >= 0.3 is 0 Å². The van der Waals surface area contributed by atoms with Crippen LogP contribution in [-0.4, -0.2) is 97.4 Å². The van der Waals surface area contributed by atoms with Crippen LogP contribution < -0.4 is 0 Å². The summed E-state index contributed by atoms with van der Waals surface area (Å²) < 4.78 is 1.20. The topological polar surface area (TPSA) is 9.72 Å². The molecule has 2 saturated heterocycles. The highest BCUT2D eigenvalue weighted by molar-refractivity contribution is 7.99. The van der Waals surface area contributed by atoms with Gasteiger partial charge in [-0.05, 0) is 31.2 Å². The van der Waals surface area contributed by atoms with Gasteiger partial charge in [-0.2, -0.15) is 11.8 Å². The molecule has 122 valence electrons. The van der Waals surface area contributed by atoms with E-state index in [1.807, 2.05) is 6.20 Å². The molecule has 2 heterocycles. The summed E-state index contributed by atoms with van der Waals surface area (Å²) in [4.78, 5) is 7.32. The first-order valence-corrected chi connectivity index (χ1v) is 9.46. The number of hydrogen-bond acceptors (Lipinski definition) is 4. The van der Waals surface area contributed by atoms with E-state index < -0.39 is 0 Å². The average Bonchev–Trinajstić information content (AvgIpc) is 3.04. The second-order valence-electron chi connectivity index (χ2n) is 6.86. The molecule has 2 aliphatic rings. The van der Waals surface area contributed by atoms with Crippen LogP contribution in [0.4, 0.5) is 0 Å². The largest absolute Gasteiger partial charge is 0.327 e. The summed E-state index contributed by atoms with van der Waals surface area (Å²) in [5.74, 6) is 2.64. The predicted octanol–water partition coefficient (Wildman–Crippen LogP) is 1.57. The van der Waals surface area contributed by atoms with Crippen LogP contribution in [0.3, 0.4) is 0 Å². The first-order chi connectivity index (χ1) is 10.1. The maximum absolute atomic E-state index is 3.88. The molecule has 0 amide bonds. The first kappa shape index (κ1) is 17.1. The maximum atomic E-state index is 3.88. The van der Waals surface area contributed by atoms with E-state index in [1.54, 1.807) is 0 Å². The molecule has 0 radical (unpaired) electrons. The Bertz CT molecular complexity index is 325. The summed E-state index contributed by atoms with van der Waals surface area (Å²) in [6.07, 6.45) is 4.68. The van der Waals surface area contributed by atoms with E-state index in [0.29, 0.717) is 0 Å². The van der Waals surface area contributed by atoms with Crippen LogP contribution in [0.1, 0.15) is 12.8 Å². The van der Waals surface area contributed by atoms with Crippen LogP contribution in [-0.2, 0) is 0 Å². The van der Waals surface area contributed by atoms with Crippen LogP contribution in [0.25, 0.3) is 0 Å². The third-order valence-electron chi connectivity index (χ3n) is 4.70. The molecule has 0 aliphatic carbocycles. The molecular formula is C16H33N4S+. The number of rotatable bonds is 9. The summed E-state index contributed by atoms with van der Waals surface area (Å²) in [6, 6.07) is 0. The first-order valence-electron chi connectivity index (χ1n) is 8.30. The number of thioether (sulfide) groups is 1. The van der Waals surface area contributed by atoms with Gasteiger partial charge in [0.1, 0.15) is 0 Å². The standard InChI is InChI=1S/C16H33N4S/c1-4-18-10-12-20(3,16-18)11-6-14-21-13-5-7-19-9-8-17(2)15-19/h4H,1,5-16H2,2-3H3/q+1. The molecule has 0 aromatic heterocycles. The Balaban J connectivity index is 1.44. The molecule has 5 heteroatoms. The van der Waals surface area contributed by atoms with Crippen molar-refractivity contribution in [2.75, 3.05) is 78.2 Å². The van der Waals surface area contributed by atoms with Gasteiger partial charge in [0.15, 0.2) is 6.67 Å². The zero-order valence-corrected chi connectivity index (χ0v) is 14.8. The van der Waals surface area contributed by atoms with Gasteiger partial charge in [0.05, 0.1) is 33.4 Å². The predicted molar refractivity (Wildman–Crippen MR) is 93.3 cm³/mol. The second-order valence-corrected chi connectivity index (χ2v) is 8.09. The third-order valence-corrected chi connectivity index (χ3v) is 5.85. The molecule has 0 bridgehead atoms. The molecule has 2 rings (SSSR count). The normalized spacial score (nSPS) is 27.6. The van der Waals surface area contributed by atoms with Gasteiger partial charge in [0, 0.05) is 26.1 Å². The van der Waals surface area contributed by atoms with Crippen molar-refractivity contribution in [2.24, 2.45) is 0 Å². The van der Waals surface area contributed by atoms with E-state index >= 15 is 0 Å². The molecule has 0 spiro atoms. The Labute approximate surface area is 135 Å². The number of hydrogen-bond donors (Lipinski definition) is 0.